The van der Waals surface area contributed by atoms with Crippen LogP contribution >= 0.6 is 0 Å². The Labute approximate surface area is 201 Å². The number of aromatic nitrogens is 1. The second-order valence-electron chi connectivity index (χ2n) is 8.94. The molecule has 4 aromatic carbocycles. The summed E-state index contributed by atoms with van der Waals surface area (Å²) in [6.45, 7) is 5.28. The van der Waals surface area contributed by atoms with Gasteiger partial charge in [-0.2, -0.15) is 0 Å². The number of benzene rings is 4. The van der Waals surface area contributed by atoms with Gasteiger partial charge in [0, 0.05) is 34.4 Å². The highest BCUT2D eigenvalue weighted by Gasteiger charge is 2.18. The van der Waals surface area contributed by atoms with Crippen LogP contribution in [0.1, 0.15) is 11.3 Å². The van der Waals surface area contributed by atoms with Gasteiger partial charge in [-0.3, -0.25) is 0 Å². The van der Waals surface area contributed by atoms with Crippen LogP contribution in [0.15, 0.2) is 103 Å². The van der Waals surface area contributed by atoms with Gasteiger partial charge in [-0.15, -0.1) is 0 Å². The number of hydrogen-bond acceptors (Lipinski definition) is 2. The van der Waals surface area contributed by atoms with Crippen LogP contribution in [-0.2, 0) is 6.54 Å². The summed E-state index contributed by atoms with van der Waals surface area (Å²) >= 11 is 0. The van der Waals surface area contributed by atoms with E-state index in [-0.39, 0.29) is 0 Å². The number of hydrogen-bond donors (Lipinski definition) is 2. The highest BCUT2D eigenvalue weighted by molar-refractivity contribution is 6.00. The minimum absolute atomic E-state index is 0.487. The van der Waals surface area contributed by atoms with Crippen molar-refractivity contribution in [1.29, 1.82) is 0 Å². The first-order chi connectivity index (χ1) is 16.6. The molecule has 3 heteroatoms. The van der Waals surface area contributed by atoms with Crippen LogP contribution in [0.4, 0.5) is 5.69 Å². The zero-order chi connectivity index (χ0) is 23.5. The molecule has 0 saturated heterocycles. The number of fused-ring (bicyclic) bond motifs is 1. The SMILES string of the molecule is Cc1ccc(-c2c(C)n(CC(O)CNc3ccccc3)c3cc(-c4ccccc4)ccc23)cc1. The van der Waals surface area contributed by atoms with Crippen molar-refractivity contribution in [2.24, 2.45) is 0 Å². The molecule has 1 atom stereocenters. The van der Waals surface area contributed by atoms with E-state index in [1.54, 1.807) is 0 Å². The maximum Gasteiger partial charge on any atom is 0.0891 e. The smallest absolute Gasteiger partial charge is 0.0891 e. The summed E-state index contributed by atoms with van der Waals surface area (Å²) in [6, 6.07) is 35.9. The Hall–Kier alpha value is -3.82. The molecule has 0 saturated carbocycles. The van der Waals surface area contributed by atoms with Crippen LogP contribution in [0.5, 0.6) is 0 Å². The Balaban J connectivity index is 1.55. The molecule has 1 unspecified atom stereocenters. The minimum atomic E-state index is -0.527. The molecule has 0 aliphatic carbocycles. The van der Waals surface area contributed by atoms with Crippen molar-refractivity contribution in [2.45, 2.75) is 26.5 Å². The molecule has 34 heavy (non-hydrogen) atoms. The lowest BCUT2D eigenvalue weighted by Crippen LogP contribution is -2.25. The third kappa shape index (κ3) is 4.48. The van der Waals surface area contributed by atoms with Gasteiger partial charge in [0.1, 0.15) is 0 Å². The van der Waals surface area contributed by atoms with Crippen molar-refractivity contribution in [3.8, 4) is 22.3 Å². The van der Waals surface area contributed by atoms with Gasteiger partial charge < -0.3 is 15.0 Å². The van der Waals surface area contributed by atoms with E-state index in [0.29, 0.717) is 13.1 Å². The molecular formula is C31H30N2O. The fourth-order valence-electron chi connectivity index (χ4n) is 4.67. The molecule has 3 nitrogen and oxygen atoms in total. The zero-order valence-corrected chi connectivity index (χ0v) is 19.7. The first-order valence-electron chi connectivity index (χ1n) is 11.8. The van der Waals surface area contributed by atoms with E-state index in [0.717, 1.165) is 11.2 Å². The summed E-state index contributed by atoms with van der Waals surface area (Å²) in [6.07, 6.45) is -0.527. The molecule has 2 N–H and O–H groups in total. The van der Waals surface area contributed by atoms with Crippen LogP contribution in [0.2, 0.25) is 0 Å². The summed E-state index contributed by atoms with van der Waals surface area (Å²) in [5.74, 6) is 0. The van der Waals surface area contributed by atoms with Gasteiger partial charge in [-0.05, 0) is 48.7 Å². The number of aliphatic hydroxyl groups excluding tert-OH is 1. The molecule has 0 bridgehead atoms. The van der Waals surface area contributed by atoms with Crippen LogP contribution in [-0.4, -0.2) is 22.3 Å². The third-order valence-corrected chi connectivity index (χ3v) is 6.48. The predicted molar refractivity (Wildman–Crippen MR) is 143 cm³/mol. The summed E-state index contributed by atoms with van der Waals surface area (Å²) in [4.78, 5) is 0. The maximum atomic E-state index is 11.0. The Bertz CT molecular complexity index is 1390. The van der Waals surface area contributed by atoms with Gasteiger partial charge in [0.25, 0.3) is 0 Å². The number of aryl methyl sites for hydroxylation is 1. The third-order valence-electron chi connectivity index (χ3n) is 6.48. The molecule has 5 aromatic rings. The molecule has 1 aromatic heterocycles. The Morgan fingerprint density at radius 1 is 0.735 bits per heavy atom. The van der Waals surface area contributed by atoms with Crippen LogP contribution in [0.25, 0.3) is 33.2 Å². The largest absolute Gasteiger partial charge is 0.389 e. The fraction of sp³-hybridized carbons (Fsp3) is 0.161. The van der Waals surface area contributed by atoms with E-state index < -0.39 is 6.10 Å². The van der Waals surface area contributed by atoms with Crippen LogP contribution in [0.3, 0.4) is 0 Å². The predicted octanol–water partition coefficient (Wildman–Crippen LogP) is 7.07. The van der Waals surface area contributed by atoms with Gasteiger partial charge in [-0.25, -0.2) is 0 Å². The highest BCUT2D eigenvalue weighted by atomic mass is 16.3. The average Bonchev–Trinajstić information content (AvgIpc) is 3.15. The number of nitrogens with one attached hydrogen (secondary N) is 1. The number of aliphatic hydroxyl groups is 1. The minimum Gasteiger partial charge on any atom is -0.389 e. The molecular weight excluding hydrogens is 416 g/mol. The Kier molecular flexibility index (Phi) is 6.20. The number of anilines is 1. The monoisotopic (exact) mass is 446 g/mol. The van der Waals surface area contributed by atoms with Crippen molar-refractivity contribution in [3.63, 3.8) is 0 Å². The van der Waals surface area contributed by atoms with Crippen LogP contribution < -0.4 is 5.32 Å². The van der Waals surface area contributed by atoms with Crippen molar-refractivity contribution in [1.82, 2.24) is 4.57 Å². The lowest BCUT2D eigenvalue weighted by Gasteiger charge is -2.16. The van der Waals surface area contributed by atoms with Crippen molar-refractivity contribution in [3.05, 3.63) is 114 Å². The standard InChI is InChI=1S/C31H30N2O/c1-22-13-15-25(16-14-22)31-23(2)33(21-28(34)20-32-27-11-7-4-8-12-27)30-19-26(17-18-29(30)31)24-9-5-3-6-10-24/h3-19,28,32,34H,20-21H2,1-2H3. The maximum absolute atomic E-state index is 11.0. The zero-order valence-electron chi connectivity index (χ0n) is 19.7. The molecule has 0 fully saturated rings. The molecule has 0 radical (unpaired) electrons. The van der Waals surface area contributed by atoms with Crippen molar-refractivity contribution < 1.29 is 5.11 Å². The van der Waals surface area contributed by atoms with Crippen LogP contribution in [0, 0.1) is 13.8 Å². The lowest BCUT2D eigenvalue weighted by molar-refractivity contribution is 0.167. The summed E-state index contributed by atoms with van der Waals surface area (Å²) in [7, 11) is 0. The molecule has 1 heterocycles. The van der Waals surface area contributed by atoms with E-state index >= 15 is 0 Å². The van der Waals surface area contributed by atoms with Gasteiger partial charge >= 0.3 is 0 Å². The van der Waals surface area contributed by atoms with Crippen molar-refractivity contribution >= 4 is 16.6 Å². The molecule has 0 aliphatic rings. The molecule has 170 valence electrons. The highest BCUT2D eigenvalue weighted by Crippen LogP contribution is 2.37. The number of para-hydroxylation sites is 1. The summed E-state index contributed by atoms with van der Waals surface area (Å²) in [5.41, 5.74) is 9.39. The number of rotatable bonds is 7. The Morgan fingerprint density at radius 2 is 1.38 bits per heavy atom. The normalized spacial score (nSPS) is 12.1. The topological polar surface area (TPSA) is 37.2 Å². The lowest BCUT2D eigenvalue weighted by atomic mass is 9.99. The van der Waals surface area contributed by atoms with Gasteiger partial charge in [-0.1, -0.05) is 90.5 Å². The van der Waals surface area contributed by atoms with Crippen molar-refractivity contribution in [2.75, 3.05) is 11.9 Å². The fourth-order valence-corrected chi connectivity index (χ4v) is 4.67. The van der Waals surface area contributed by atoms with E-state index in [9.17, 15) is 5.11 Å². The first kappa shape index (κ1) is 22.0. The van der Waals surface area contributed by atoms with E-state index in [1.165, 1.54) is 38.9 Å². The first-order valence-corrected chi connectivity index (χ1v) is 11.8. The second-order valence-corrected chi connectivity index (χ2v) is 8.94. The van der Waals surface area contributed by atoms with Gasteiger partial charge in [0.2, 0.25) is 0 Å². The molecule has 5 rings (SSSR count). The molecule has 0 spiro atoms. The van der Waals surface area contributed by atoms with E-state index in [1.807, 2.05) is 36.4 Å². The summed E-state index contributed by atoms with van der Waals surface area (Å²) < 4.78 is 2.27. The van der Waals surface area contributed by atoms with E-state index in [4.69, 9.17) is 0 Å². The summed E-state index contributed by atoms with van der Waals surface area (Å²) in [5, 5.41) is 15.5. The molecule has 0 amide bonds. The quantitative estimate of drug-likeness (QED) is 0.281. The second kappa shape index (κ2) is 9.58. The van der Waals surface area contributed by atoms with E-state index in [2.05, 4.69) is 90.5 Å². The van der Waals surface area contributed by atoms with Gasteiger partial charge in [0.15, 0.2) is 0 Å². The number of nitrogens with zero attached hydrogens (tertiary/aromatic N) is 1. The molecule has 0 aliphatic heterocycles. The Morgan fingerprint density at radius 3 is 2.09 bits per heavy atom. The average molecular weight is 447 g/mol. The van der Waals surface area contributed by atoms with Gasteiger partial charge in [0.05, 0.1) is 12.6 Å².